The fourth-order valence-corrected chi connectivity index (χ4v) is 1.06. The molecule has 18 heavy (non-hydrogen) atoms. The van der Waals surface area contributed by atoms with Gasteiger partial charge in [-0.3, -0.25) is 0 Å². The van der Waals surface area contributed by atoms with Crippen LogP contribution in [0.2, 0.25) is 0 Å². The maximum Gasteiger partial charge on any atom is 0.405 e. The van der Waals surface area contributed by atoms with E-state index < -0.39 is 24.6 Å². The third kappa shape index (κ3) is 4.29. The number of halogens is 4. The summed E-state index contributed by atoms with van der Waals surface area (Å²) in [5.74, 6) is -0.687. The lowest BCUT2D eigenvalue weighted by molar-refractivity contribution is -0.122. The summed E-state index contributed by atoms with van der Waals surface area (Å²) in [5, 5.41) is 12.2. The average molecular weight is 261 g/mol. The molecule has 0 unspecified atom stereocenters. The standard InChI is InChI=1S/C10H7F4N3O/c11-7-1-2-8(6(3-7)4-15)17-9(18)16-5-10(12,13)14/h1-3H,5H2,(H2,16,17,18). The molecule has 0 fully saturated rings. The summed E-state index contributed by atoms with van der Waals surface area (Å²) < 4.78 is 48.2. The molecule has 0 bridgehead atoms. The van der Waals surface area contributed by atoms with Crippen molar-refractivity contribution in [1.29, 1.82) is 5.26 Å². The van der Waals surface area contributed by atoms with E-state index in [1.807, 2.05) is 5.32 Å². The van der Waals surface area contributed by atoms with E-state index in [0.717, 1.165) is 18.2 Å². The highest BCUT2D eigenvalue weighted by Crippen LogP contribution is 2.16. The molecule has 0 atom stereocenters. The maximum atomic E-state index is 12.7. The van der Waals surface area contributed by atoms with Crippen LogP contribution in [0.1, 0.15) is 5.56 Å². The highest BCUT2D eigenvalue weighted by Gasteiger charge is 2.27. The number of nitriles is 1. The fourth-order valence-electron chi connectivity index (χ4n) is 1.06. The second kappa shape index (κ2) is 5.35. The predicted molar refractivity (Wildman–Crippen MR) is 54.2 cm³/mol. The Morgan fingerprint density at radius 3 is 2.61 bits per heavy atom. The van der Waals surface area contributed by atoms with E-state index in [-0.39, 0.29) is 11.3 Å². The molecule has 0 aliphatic heterocycles. The molecule has 2 N–H and O–H groups in total. The van der Waals surface area contributed by atoms with Crippen LogP contribution in [0.25, 0.3) is 0 Å². The topological polar surface area (TPSA) is 64.9 Å². The summed E-state index contributed by atoms with van der Waals surface area (Å²) in [6.07, 6.45) is -4.53. The first-order valence-electron chi connectivity index (χ1n) is 4.63. The first-order chi connectivity index (χ1) is 8.31. The van der Waals surface area contributed by atoms with E-state index in [9.17, 15) is 22.4 Å². The first kappa shape index (κ1) is 13.8. The Morgan fingerprint density at radius 2 is 2.06 bits per heavy atom. The Labute approximate surface area is 99.2 Å². The minimum atomic E-state index is -4.53. The van der Waals surface area contributed by atoms with Gasteiger partial charge >= 0.3 is 12.2 Å². The molecule has 4 nitrogen and oxygen atoms in total. The predicted octanol–water partition coefficient (Wildman–Crippen LogP) is 2.38. The molecule has 1 aromatic carbocycles. The van der Waals surface area contributed by atoms with Gasteiger partial charge in [-0.2, -0.15) is 18.4 Å². The molecule has 8 heteroatoms. The summed E-state index contributed by atoms with van der Waals surface area (Å²) in [6, 6.07) is 3.40. The summed E-state index contributed by atoms with van der Waals surface area (Å²) in [6.45, 7) is -1.50. The Bertz CT molecular complexity index is 493. The minimum Gasteiger partial charge on any atom is -0.329 e. The Kier molecular flexibility index (Phi) is 4.09. The molecule has 0 heterocycles. The van der Waals surface area contributed by atoms with Gasteiger partial charge in [-0.05, 0) is 18.2 Å². The lowest BCUT2D eigenvalue weighted by Crippen LogP contribution is -2.36. The number of nitrogens with one attached hydrogen (secondary N) is 2. The quantitative estimate of drug-likeness (QED) is 0.803. The monoisotopic (exact) mass is 261 g/mol. The molecule has 0 aromatic heterocycles. The first-order valence-corrected chi connectivity index (χ1v) is 4.63. The third-order valence-corrected chi connectivity index (χ3v) is 1.80. The second-order valence-electron chi connectivity index (χ2n) is 3.22. The summed E-state index contributed by atoms with van der Waals surface area (Å²) in [7, 11) is 0. The van der Waals surface area contributed by atoms with Crippen LogP contribution in [0, 0.1) is 17.1 Å². The second-order valence-corrected chi connectivity index (χ2v) is 3.22. The number of nitrogens with zero attached hydrogens (tertiary/aromatic N) is 1. The average Bonchev–Trinajstić information content (AvgIpc) is 2.28. The van der Waals surface area contributed by atoms with Gasteiger partial charge in [-0.15, -0.1) is 0 Å². The number of alkyl halides is 3. The zero-order valence-electron chi connectivity index (χ0n) is 8.81. The number of hydrogen-bond acceptors (Lipinski definition) is 2. The Morgan fingerprint density at radius 1 is 1.39 bits per heavy atom. The smallest absolute Gasteiger partial charge is 0.329 e. The molecule has 2 amide bonds. The van der Waals surface area contributed by atoms with Gasteiger partial charge in [0, 0.05) is 0 Å². The number of carbonyl (C=O) groups excluding carboxylic acids is 1. The van der Waals surface area contributed by atoms with E-state index in [4.69, 9.17) is 5.26 Å². The van der Waals surface area contributed by atoms with E-state index >= 15 is 0 Å². The van der Waals surface area contributed by atoms with Crippen molar-refractivity contribution in [2.75, 3.05) is 11.9 Å². The Hall–Kier alpha value is -2.30. The van der Waals surface area contributed by atoms with Crippen LogP contribution >= 0.6 is 0 Å². The SMILES string of the molecule is N#Cc1cc(F)ccc1NC(=O)NCC(F)(F)F. The molecular weight excluding hydrogens is 254 g/mol. The zero-order chi connectivity index (χ0) is 13.8. The maximum absolute atomic E-state index is 12.7. The third-order valence-electron chi connectivity index (χ3n) is 1.80. The van der Waals surface area contributed by atoms with Crippen molar-refractivity contribution in [2.24, 2.45) is 0 Å². The lowest BCUT2D eigenvalue weighted by Gasteiger charge is -2.10. The van der Waals surface area contributed by atoms with Crippen molar-refractivity contribution in [2.45, 2.75) is 6.18 Å². The number of anilines is 1. The lowest BCUT2D eigenvalue weighted by atomic mass is 10.2. The van der Waals surface area contributed by atoms with Crippen LogP contribution in [-0.2, 0) is 0 Å². The Balaban J connectivity index is 2.68. The van der Waals surface area contributed by atoms with Gasteiger partial charge in [0.2, 0.25) is 0 Å². The van der Waals surface area contributed by atoms with Crippen LogP contribution in [-0.4, -0.2) is 18.8 Å². The largest absolute Gasteiger partial charge is 0.405 e. The zero-order valence-corrected chi connectivity index (χ0v) is 8.81. The van der Waals surface area contributed by atoms with Gasteiger partial charge in [-0.25, -0.2) is 9.18 Å². The van der Waals surface area contributed by atoms with E-state index in [0.29, 0.717) is 0 Å². The number of urea groups is 1. The summed E-state index contributed by atoms with van der Waals surface area (Å²) >= 11 is 0. The van der Waals surface area contributed by atoms with Crippen LogP contribution in [0.4, 0.5) is 28.0 Å². The number of benzene rings is 1. The molecule has 1 aromatic rings. The van der Waals surface area contributed by atoms with Crippen molar-refractivity contribution in [3.63, 3.8) is 0 Å². The van der Waals surface area contributed by atoms with Crippen LogP contribution in [0.15, 0.2) is 18.2 Å². The summed E-state index contributed by atoms with van der Waals surface area (Å²) in [5.41, 5.74) is -0.254. The van der Waals surface area contributed by atoms with Crippen molar-refractivity contribution < 1.29 is 22.4 Å². The molecule has 1 rings (SSSR count). The van der Waals surface area contributed by atoms with E-state index in [2.05, 4.69) is 0 Å². The van der Waals surface area contributed by atoms with Gasteiger partial charge in [0.1, 0.15) is 18.4 Å². The van der Waals surface area contributed by atoms with Crippen LogP contribution < -0.4 is 10.6 Å². The van der Waals surface area contributed by atoms with Crippen molar-refractivity contribution in [3.05, 3.63) is 29.6 Å². The summed E-state index contributed by atoms with van der Waals surface area (Å²) in [4.78, 5) is 11.1. The van der Waals surface area contributed by atoms with Gasteiger partial charge in [-0.1, -0.05) is 0 Å². The number of hydrogen-bond donors (Lipinski definition) is 2. The van der Waals surface area contributed by atoms with Gasteiger partial charge in [0.05, 0.1) is 11.3 Å². The minimum absolute atomic E-state index is 0.0708. The van der Waals surface area contributed by atoms with Crippen molar-refractivity contribution in [3.8, 4) is 6.07 Å². The fraction of sp³-hybridized carbons (Fsp3) is 0.200. The highest BCUT2D eigenvalue weighted by atomic mass is 19.4. The molecule has 0 radical (unpaired) electrons. The molecule has 0 aliphatic rings. The number of carbonyl (C=O) groups is 1. The van der Waals surface area contributed by atoms with E-state index in [1.54, 1.807) is 11.4 Å². The normalized spacial score (nSPS) is 10.6. The molecule has 0 spiro atoms. The molecule has 0 saturated heterocycles. The van der Waals surface area contributed by atoms with Crippen LogP contribution in [0.3, 0.4) is 0 Å². The van der Waals surface area contributed by atoms with Gasteiger partial charge in [0.25, 0.3) is 0 Å². The highest BCUT2D eigenvalue weighted by molar-refractivity contribution is 5.90. The molecule has 0 aliphatic carbocycles. The van der Waals surface area contributed by atoms with Crippen molar-refractivity contribution >= 4 is 11.7 Å². The molecule has 96 valence electrons. The number of rotatable bonds is 2. The van der Waals surface area contributed by atoms with Crippen molar-refractivity contribution in [1.82, 2.24) is 5.32 Å². The number of amides is 2. The van der Waals surface area contributed by atoms with Crippen LogP contribution in [0.5, 0.6) is 0 Å². The van der Waals surface area contributed by atoms with Gasteiger partial charge in [0.15, 0.2) is 0 Å². The molecular formula is C10H7F4N3O. The molecule has 0 saturated carbocycles. The van der Waals surface area contributed by atoms with Gasteiger partial charge < -0.3 is 10.6 Å². The van der Waals surface area contributed by atoms with E-state index in [1.165, 1.54) is 0 Å².